The van der Waals surface area contributed by atoms with E-state index in [0.717, 1.165) is 29.5 Å². The molecule has 2 nitrogen and oxygen atoms in total. The summed E-state index contributed by atoms with van der Waals surface area (Å²) in [4.78, 5) is 5.77. The van der Waals surface area contributed by atoms with Gasteiger partial charge < -0.3 is 5.32 Å². The summed E-state index contributed by atoms with van der Waals surface area (Å²) < 4.78 is 0. The van der Waals surface area contributed by atoms with Crippen LogP contribution >= 0.6 is 22.9 Å². The molecule has 0 fully saturated rings. The molecule has 28 heavy (non-hydrogen) atoms. The molecule has 0 bridgehead atoms. The smallest absolute Gasteiger partial charge is 0.107 e. The molecule has 0 unspecified atom stereocenters. The van der Waals surface area contributed by atoms with Crippen molar-refractivity contribution in [1.82, 2.24) is 10.3 Å². The van der Waals surface area contributed by atoms with Crippen molar-refractivity contribution in [2.45, 2.75) is 13.0 Å². The third kappa shape index (κ3) is 4.87. The van der Waals surface area contributed by atoms with Crippen LogP contribution in [0.15, 0.2) is 85.1 Å². The van der Waals surface area contributed by atoms with E-state index in [4.69, 9.17) is 11.6 Å². The van der Waals surface area contributed by atoms with Gasteiger partial charge in [0.1, 0.15) is 5.01 Å². The number of rotatable bonds is 7. The number of nitrogens with zero attached hydrogens (tertiary/aromatic N) is 1. The summed E-state index contributed by atoms with van der Waals surface area (Å²) >= 11 is 7.77. The van der Waals surface area contributed by atoms with Crippen LogP contribution < -0.4 is 5.32 Å². The van der Waals surface area contributed by atoms with E-state index in [1.807, 2.05) is 30.5 Å². The summed E-state index contributed by atoms with van der Waals surface area (Å²) in [6.45, 7) is 1.69. The molecule has 3 aromatic carbocycles. The Morgan fingerprint density at radius 1 is 0.821 bits per heavy atom. The van der Waals surface area contributed by atoms with Crippen molar-refractivity contribution in [3.63, 3.8) is 0 Å². The number of nitrogens with one attached hydrogen (secondary N) is 1. The maximum Gasteiger partial charge on any atom is 0.107 e. The number of hydrogen-bond donors (Lipinski definition) is 1. The van der Waals surface area contributed by atoms with Crippen molar-refractivity contribution in [1.29, 1.82) is 0 Å². The van der Waals surface area contributed by atoms with Gasteiger partial charge in [0, 0.05) is 17.8 Å². The normalized spacial score (nSPS) is 10.9. The third-order valence-electron chi connectivity index (χ3n) is 4.59. The Kier molecular flexibility index (Phi) is 6.17. The first-order valence-electron chi connectivity index (χ1n) is 9.34. The Morgan fingerprint density at radius 2 is 1.57 bits per heavy atom. The molecule has 4 aromatic rings. The van der Waals surface area contributed by atoms with E-state index in [1.165, 1.54) is 27.1 Å². The predicted octanol–water partition coefficient (Wildman–Crippen LogP) is 6.46. The van der Waals surface area contributed by atoms with Crippen LogP contribution in [0.4, 0.5) is 0 Å². The lowest BCUT2D eigenvalue weighted by Crippen LogP contribution is -2.16. The maximum atomic E-state index is 6.03. The summed E-state index contributed by atoms with van der Waals surface area (Å²) in [5.41, 5.74) is 4.93. The van der Waals surface area contributed by atoms with Crippen molar-refractivity contribution in [2.75, 3.05) is 6.54 Å². The van der Waals surface area contributed by atoms with Crippen LogP contribution in [0, 0.1) is 0 Å². The highest BCUT2D eigenvalue weighted by atomic mass is 35.5. The van der Waals surface area contributed by atoms with E-state index in [-0.39, 0.29) is 0 Å². The average Bonchev–Trinajstić information content (AvgIpc) is 3.21. The minimum atomic E-state index is 0.785. The molecule has 1 heterocycles. The second kappa shape index (κ2) is 9.16. The van der Waals surface area contributed by atoms with Gasteiger partial charge in [-0.25, -0.2) is 4.98 Å². The Balaban J connectivity index is 1.32. The van der Waals surface area contributed by atoms with Gasteiger partial charge in [0.2, 0.25) is 0 Å². The molecule has 4 heteroatoms. The van der Waals surface area contributed by atoms with Crippen molar-refractivity contribution in [2.24, 2.45) is 0 Å². The Bertz CT molecular complexity index is 1030. The fraction of sp³-hybridized carbons (Fsp3) is 0.125. The van der Waals surface area contributed by atoms with Gasteiger partial charge in [-0.2, -0.15) is 0 Å². The van der Waals surface area contributed by atoms with Crippen LogP contribution in [0.2, 0.25) is 5.02 Å². The number of thiazole rings is 1. The van der Waals surface area contributed by atoms with Gasteiger partial charge in [0.05, 0.1) is 4.88 Å². The molecule has 0 radical (unpaired) electrons. The highest BCUT2D eigenvalue weighted by Crippen LogP contribution is 2.28. The molecule has 0 atom stereocenters. The lowest BCUT2D eigenvalue weighted by Gasteiger charge is -2.04. The summed E-state index contributed by atoms with van der Waals surface area (Å²) in [7, 11) is 0. The molecule has 0 spiro atoms. The fourth-order valence-electron chi connectivity index (χ4n) is 3.10. The molecule has 0 aliphatic heterocycles. The Hall–Kier alpha value is -2.46. The first-order valence-corrected chi connectivity index (χ1v) is 10.5. The molecular weight excluding hydrogens is 384 g/mol. The maximum absolute atomic E-state index is 6.03. The van der Waals surface area contributed by atoms with E-state index < -0.39 is 0 Å². The summed E-state index contributed by atoms with van der Waals surface area (Å²) in [5, 5.41) is 5.37. The number of hydrogen-bond acceptors (Lipinski definition) is 3. The van der Waals surface area contributed by atoms with Crippen molar-refractivity contribution in [3.05, 3.63) is 101 Å². The van der Waals surface area contributed by atoms with Gasteiger partial charge in [-0.1, -0.05) is 78.3 Å². The number of halogens is 1. The second-order valence-electron chi connectivity index (χ2n) is 6.62. The van der Waals surface area contributed by atoms with Gasteiger partial charge in [0.25, 0.3) is 0 Å². The molecule has 0 amide bonds. The van der Waals surface area contributed by atoms with E-state index in [1.54, 1.807) is 11.3 Å². The van der Waals surface area contributed by atoms with Crippen molar-refractivity contribution >= 4 is 22.9 Å². The minimum Gasteiger partial charge on any atom is -0.310 e. The topological polar surface area (TPSA) is 24.9 Å². The monoisotopic (exact) mass is 404 g/mol. The van der Waals surface area contributed by atoms with E-state index in [2.05, 4.69) is 64.9 Å². The summed E-state index contributed by atoms with van der Waals surface area (Å²) in [6.07, 6.45) is 2.93. The molecule has 4 rings (SSSR count). The predicted molar refractivity (Wildman–Crippen MR) is 120 cm³/mol. The molecule has 0 aliphatic carbocycles. The van der Waals surface area contributed by atoms with E-state index in [9.17, 15) is 0 Å². The second-order valence-corrected chi connectivity index (χ2v) is 8.17. The largest absolute Gasteiger partial charge is 0.310 e. The van der Waals surface area contributed by atoms with Gasteiger partial charge in [-0.15, -0.1) is 11.3 Å². The molecule has 0 saturated heterocycles. The summed E-state index contributed by atoms with van der Waals surface area (Å²) in [6, 6.07) is 27.2. The highest BCUT2D eigenvalue weighted by Gasteiger charge is 2.05. The molecule has 140 valence electrons. The standard InChI is InChI=1S/C24H21ClN2S/c25-22-8-4-5-18(15-22)13-14-26-17-24-27-16-23(28-24)21-11-9-20(10-12-21)19-6-2-1-3-7-19/h1-12,15-16,26H,13-14,17H2. The van der Waals surface area contributed by atoms with Gasteiger partial charge in [-0.3, -0.25) is 0 Å². The zero-order valence-corrected chi connectivity index (χ0v) is 17.0. The zero-order chi connectivity index (χ0) is 19.2. The van der Waals surface area contributed by atoms with E-state index in [0.29, 0.717) is 0 Å². The van der Waals surface area contributed by atoms with Gasteiger partial charge in [-0.05, 0) is 47.4 Å². The highest BCUT2D eigenvalue weighted by molar-refractivity contribution is 7.15. The Morgan fingerprint density at radius 3 is 2.36 bits per heavy atom. The zero-order valence-electron chi connectivity index (χ0n) is 15.4. The third-order valence-corrected chi connectivity index (χ3v) is 5.87. The van der Waals surface area contributed by atoms with E-state index >= 15 is 0 Å². The fourth-order valence-corrected chi connectivity index (χ4v) is 4.21. The number of benzene rings is 3. The Labute approximate surface area is 174 Å². The van der Waals surface area contributed by atoms with Crippen LogP contribution in [0.5, 0.6) is 0 Å². The SMILES string of the molecule is Clc1cccc(CCNCc2ncc(-c3ccc(-c4ccccc4)cc3)s2)c1. The minimum absolute atomic E-state index is 0.785. The van der Waals surface area contributed by atoms with Crippen LogP contribution in [0.25, 0.3) is 21.6 Å². The first-order chi connectivity index (χ1) is 13.8. The van der Waals surface area contributed by atoms with Crippen LogP contribution in [0.3, 0.4) is 0 Å². The lowest BCUT2D eigenvalue weighted by molar-refractivity contribution is 0.684. The van der Waals surface area contributed by atoms with Crippen LogP contribution in [-0.2, 0) is 13.0 Å². The van der Waals surface area contributed by atoms with Crippen LogP contribution in [-0.4, -0.2) is 11.5 Å². The number of aromatic nitrogens is 1. The first kappa shape index (κ1) is 18.9. The summed E-state index contributed by atoms with van der Waals surface area (Å²) in [5.74, 6) is 0. The van der Waals surface area contributed by atoms with Gasteiger partial charge >= 0.3 is 0 Å². The quantitative estimate of drug-likeness (QED) is 0.357. The van der Waals surface area contributed by atoms with Gasteiger partial charge in [0.15, 0.2) is 0 Å². The van der Waals surface area contributed by atoms with Crippen LogP contribution in [0.1, 0.15) is 10.6 Å². The molecule has 1 aromatic heterocycles. The molecule has 1 N–H and O–H groups in total. The molecular formula is C24H21ClN2S. The average molecular weight is 405 g/mol. The van der Waals surface area contributed by atoms with Crippen molar-refractivity contribution in [3.8, 4) is 21.6 Å². The van der Waals surface area contributed by atoms with Crippen molar-refractivity contribution < 1.29 is 0 Å². The molecule has 0 saturated carbocycles. The molecule has 0 aliphatic rings. The lowest BCUT2D eigenvalue weighted by atomic mass is 10.0.